The second-order valence-corrected chi connectivity index (χ2v) is 6.45. The van der Waals surface area contributed by atoms with Gasteiger partial charge in [-0.2, -0.15) is 0 Å². The predicted octanol–water partition coefficient (Wildman–Crippen LogP) is 0.438. The second-order valence-electron chi connectivity index (χ2n) is 6.45. The predicted molar refractivity (Wildman–Crippen MR) is 83.2 cm³/mol. The van der Waals surface area contributed by atoms with Crippen molar-refractivity contribution >= 4 is 5.91 Å². The molecule has 0 radical (unpaired) electrons. The summed E-state index contributed by atoms with van der Waals surface area (Å²) in [6.07, 6.45) is 1.09. The molecule has 2 saturated heterocycles. The first-order valence-electron chi connectivity index (χ1n) is 8.17. The number of nitrogens with zero attached hydrogens (tertiary/aromatic N) is 2. The molecule has 0 saturated carbocycles. The van der Waals surface area contributed by atoms with Gasteiger partial charge in [-0.05, 0) is 20.3 Å². The van der Waals surface area contributed by atoms with Crippen molar-refractivity contribution in [3.63, 3.8) is 0 Å². The van der Waals surface area contributed by atoms with Crippen LogP contribution in [0, 0.1) is 13.8 Å². The smallest absolute Gasteiger partial charge is 0.217 e. The summed E-state index contributed by atoms with van der Waals surface area (Å²) < 4.78 is 17.1. The number of aryl methyl sites for hydroxylation is 2. The van der Waals surface area contributed by atoms with Crippen LogP contribution in [0.25, 0.3) is 0 Å². The van der Waals surface area contributed by atoms with E-state index in [0.29, 0.717) is 13.2 Å². The summed E-state index contributed by atoms with van der Waals surface area (Å²) in [6, 6.07) is -0.0474. The lowest BCUT2D eigenvalue weighted by atomic mass is 10.1. The third-order valence-corrected chi connectivity index (χ3v) is 4.58. The molecule has 0 aromatic carbocycles. The highest BCUT2D eigenvalue weighted by atomic mass is 16.6. The summed E-state index contributed by atoms with van der Waals surface area (Å²) >= 11 is 0. The number of nitrogens with one attached hydrogen (secondary N) is 1. The number of likely N-dealkylation sites (tertiary alicyclic amines) is 1. The molecule has 1 amide bonds. The number of aromatic nitrogens is 1. The van der Waals surface area contributed by atoms with Crippen molar-refractivity contribution in [2.45, 2.75) is 45.4 Å². The van der Waals surface area contributed by atoms with Gasteiger partial charge in [0, 0.05) is 32.1 Å². The Morgan fingerprint density at radius 3 is 2.43 bits per heavy atom. The standard InChI is InChI=1S/C16H25N3O4/c1-10-14(11(2)23-18-10)4-5-19-6-15-16(7-19)22-9-13(8-21-15)17-12(3)20/h13,15-16H,4-9H2,1-3H3,(H,17,20)/t15-,16-/m0/s1. The van der Waals surface area contributed by atoms with E-state index in [1.54, 1.807) is 0 Å². The minimum atomic E-state index is -0.0474. The van der Waals surface area contributed by atoms with E-state index >= 15 is 0 Å². The Morgan fingerprint density at radius 2 is 1.91 bits per heavy atom. The van der Waals surface area contributed by atoms with Gasteiger partial charge in [0.15, 0.2) is 0 Å². The van der Waals surface area contributed by atoms with E-state index in [0.717, 1.165) is 37.5 Å². The van der Waals surface area contributed by atoms with Gasteiger partial charge < -0.3 is 19.3 Å². The van der Waals surface area contributed by atoms with Crippen LogP contribution >= 0.6 is 0 Å². The van der Waals surface area contributed by atoms with Crippen molar-refractivity contribution in [1.29, 1.82) is 0 Å². The minimum Gasteiger partial charge on any atom is -0.372 e. The first kappa shape index (κ1) is 16.4. The number of amides is 1. The largest absolute Gasteiger partial charge is 0.372 e. The van der Waals surface area contributed by atoms with Crippen LogP contribution in [0.3, 0.4) is 0 Å². The van der Waals surface area contributed by atoms with E-state index in [1.165, 1.54) is 12.5 Å². The van der Waals surface area contributed by atoms with Gasteiger partial charge in [0.2, 0.25) is 5.91 Å². The van der Waals surface area contributed by atoms with E-state index in [1.807, 2.05) is 13.8 Å². The van der Waals surface area contributed by atoms with E-state index in [4.69, 9.17) is 14.0 Å². The molecule has 7 nitrogen and oxygen atoms in total. The van der Waals surface area contributed by atoms with Gasteiger partial charge in [-0.3, -0.25) is 9.69 Å². The summed E-state index contributed by atoms with van der Waals surface area (Å²) in [6.45, 7) is 9.14. The molecule has 0 unspecified atom stereocenters. The van der Waals surface area contributed by atoms with Crippen molar-refractivity contribution in [2.24, 2.45) is 0 Å². The third kappa shape index (κ3) is 3.91. The molecule has 2 atom stereocenters. The fourth-order valence-corrected chi connectivity index (χ4v) is 3.35. The van der Waals surface area contributed by atoms with Crippen LogP contribution in [0.2, 0.25) is 0 Å². The highest BCUT2D eigenvalue weighted by Gasteiger charge is 2.37. The fourth-order valence-electron chi connectivity index (χ4n) is 3.35. The Kier molecular flexibility index (Phi) is 4.99. The number of carbonyl (C=O) groups excluding carboxylic acids is 1. The minimum absolute atomic E-state index is 0.0460. The quantitative estimate of drug-likeness (QED) is 0.866. The monoisotopic (exact) mass is 323 g/mol. The van der Waals surface area contributed by atoms with Crippen molar-refractivity contribution in [2.75, 3.05) is 32.8 Å². The van der Waals surface area contributed by atoms with Gasteiger partial charge >= 0.3 is 0 Å². The molecule has 2 aliphatic heterocycles. The zero-order chi connectivity index (χ0) is 16.4. The summed E-state index contributed by atoms with van der Waals surface area (Å²) in [4.78, 5) is 13.5. The maximum atomic E-state index is 11.1. The highest BCUT2D eigenvalue weighted by Crippen LogP contribution is 2.21. The van der Waals surface area contributed by atoms with E-state index < -0.39 is 0 Å². The first-order valence-corrected chi connectivity index (χ1v) is 8.17. The Bertz CT molecular complexity index is 524. The molecular weight excluding hydrogens is 298 g/mol. The van der Waals surface area contributed by atoms with Gasteiger partial charge in [0.1, 0.15) is 5.76 Å². The van der Waals surface area contributed by atoms with Crippen molar-refractivity contribution < 1.29 is 18.8 Å². The van der Waals surface area contributed by atoms with E-state index in [9.17, 15) is 4.79 Å². The van der Waals surface area contributed by atoms with Gasteiger partial charge in [-0.15, -0.1) is 0 Å². The number of rotatable bonds is 4. The Labute approximate surface area is 136 Å². The molecule has 1 aromatic heterocycles. The van der Waals surface area contributed by atoms with Gasteiger partial charge in [0.05, 0.1) is 37.2 Å². The Balaban J connectivity index is 1.49. The van der Waals surface area contributed by atoms with Gasteiger partial charge in [0.25, 0.3) is 0 Å². The lowest BCUT2D eigenvalue weighted by Crippen LogP contribution is -2.40. The number of carbonyl (C=O) groups is 1. The second kappa shape index (κ2) is 6.98. The zero-order valence-corrected chi connectivity index (χ0v) is 14.0. The number of fused-ring (bicyclic) bond motifs is 1. The maximum Gasteiger partial charge on any atom is 0.217 e. The molecule has 3 heterocycles. The number of ether oxygens (including phenoxy) is 2. The molecule has 0 spiro atoms. The topological polar surface area (TPSA) is 76.8 Å². The molecule has 23 heavy (non-hydrogen) atoms. The summed E-state index contributed by atoms with van der Waals surface area (Å²) in [7, 11) is 0. The molecule has 0 aliphatic carbocycles. The fraction of sp³-hybridized carbons (Fsp3) is 0.750. The molecule has 128 valence electrons. The van der Waals surface area contributed by atoms with Gasteiger partial charge in [-0.1, -0.05) is 5.16 Å². The van der Waals surface area contributed by atoms with Crippen LogP contribution in [0.15, 0.2) is 4.52 Å². The molecule has 7 heteroatoms. The normalized spacial score (nSPS) is 26.0. The summed E-state index contributed by atoms with van der Waals surface area (Å²) in [5, 5.41) is 6.86. The molecular formula is C16H25N3O4. The first-order chi connectivity index (χ1) is 11.0. The van der Waals surface area contributed by atoms with E-state index in [-0.39, 0.29) is 24.2 Å². The lowest BCUT2D eigenvalue weighted by molar-refractivity contribution is -0.120. The van der Waals surface area contributed by atoms with Crippen LogP contribution in [-0.2, 0) is 20.7 Å². The van der Waals surface area contributed by atoms with Crippen molar-refractivity contribution in [3.05, 3.63) is 17.0 Å². The average molecular weight is 323 g/mol. The molecule has 0 bridgehead atoms. The van der Waals surface area contributed by atoms with Crippen LogP contribution < -0.4 is 5.32 Å². The van der Waals surface area contributed by atoms with Crippen LogP contribution in [0.4, 0.5) is 0 Å². The van der Waals surface area contributed by atoms with Crippen molar-refractivity contribution in [3.8, 4) is 0 Å². The Hall–Kier alpha value is -1.44. The SMILES string of the molecule is CC(=O)NC1CO[C@H]2CN(CCc3c(C)noc3C)C[C@@H]2OC1. The molecule has 3 rings (SSSR count). The molecule has 2 fully saturated rings. The van der Waals surface area contributed by atoms with Gasteiger partial charge in [-0.25, -0.2) is 0 Å². The average Bonchev–Trinajstić information content (AvgIpc) is 2.98. The highest BCUT2D eigenvalue weighted by molar-refractivity contribution is 5.73. The summed E-state index contributed by atoms with van der Waals surface area (Å²) in [5.74, 6) is 0.858. The van der Waals surface area contributed by atoms with Crippen molar-refractivity contribution in [1.82, 2.24) is 15.4 Å². The molecule has 2 aliphatic rings. The van der Waals surface area contributed by atoms with Crippen LogP contribution in [0.5, 0.6) is 0 Å². The maximum absolute atomic E-state index is 11.1. The molecule has 1 N–H and O–H groups in total. The zero-order valence-electron chi connectivity index (χ0n) is 14.0. The van der Waals surface area contributed by atoms with Crippen LogP contribution in [-0.4, -0.2) is 67.1 Å². The van der Waals surface area contributed by atoms with Crippen LogP contribution in [0.1, 0.15) is 23.9 Å². The molecule has 1 aromatic rings. The summed E-state index contributed by atoms with van der Waals surface area (Å²) in [5.41, 5.74) is 2.17. The number of hydrogen-bond acceptors (Lipinski definition) is 6. The lowest BCUT2D eigenvalue weighted by Gasteiger charge is -2.18. The Morgan fingerprint density at radius 1 is 1.26 bits per heavy atom. The third-order valence-electron chi connectivity index (χ3n) is 4.58. The van der Waals surface area contributed by atoms with E-state index in [2.05, 4.69) is 15.4 Å². The number of hydrogen-bond donors (Lipinski definition) is 1.